The van der Waals surface area contributed by atoms with Gasteiger partial charge in [0.1, 0.15) is 0 Å². The topological polar surface area (TPSA) is 0 Å². The van der Waals surface area contributed by atoms with Crippen molar-refractivity contribution in [1.29, 1.82) is 0 Å². The molecule has 0 spiro atoms. The maximum atomic E-state index is 2.25. The highest BCUT2D eigenvalue weighted by atomic mass is 14.1. The van der Waals surface area contributed by atoms with Gasteiger partial charge in [-0.05, 0) is 29.0 Å². The average molecular weight is 236 g/mol. The fourth-order valence-corrected chi connectivity index (χ4v) is 2.17. The Kier molecular flexibility index (Phi) is 4.35. The number of allylic oxidation sites excluding steroid dienone is 1. The van der Waals surface area contributed by atoms with Crippen LogP contribution < -0.4 is 0 Å². The second kappa shape index (κ2) is 6.20. The molecule has 0 heterocycles. The van der Waals surface area contributed by atoms with Crippen molar-refractivity contribution in [2.45, 2.75) is 26.2 Å². The zero-order valence-electron chi connectivity index (χ0n) is 11.1. The third-order valence-electron chi connectivity index (χ3n) is 3.12. The summed E-state index contributed by atoms with van der Waals surface area (Å²) in [6, 6.07) is 19.2. The van der Waals surface area contributed by atoms with Gasteiger partial charge in [0, 0.05) is 0 Å². The monoisotopic (exact) mass is 236 g/mol. The molecule has 0 heteroatoms. The molecule has 0 saturated heterocycles. The highest BCUT2D eigenvalue weighted by molar-refractivity contribution is 5.49. The van der Waals surface area contributed by atoms with Gasteiger partial charge in [0.2, 0.25) is 0 Å². The van der Waals surface area contributed by atoms with E-state index in [1.54, 1.807) is 0 Å². The second-order valence-corrected chi connectivity index (χ2v) is 4.87. The fourth-order valence-electron chi connectivity index (χ4n) is 2.17. The molecule has 0 aromatic heterocycles. The maximum absolute atomic E-state index is 2.25. The van der Waals surface area contributed by atoms with E-state index in [1.165, 1.54) is 16.7 Å². The summed E-state index contributed by atoms with van der Waals surface area (Å²) in [6.07, 6.45) is 5.44. The molecule has 0 unspecified atom stereocenters. The van der Waals surface area contributed by atoms with Crippen molar-refractivity contribution in [3.8, 4) is 0 Å². The molecule has 0 fully saturated rings. The summed E-state index contributed by atoms with van der Waals surface area (Å²) in [7, 11) is 0. The zero-order valence-corrected chi connectivity index (χ0v) is 11.1. The van der Waals surface area contributed by atoms with Gasteiger partial charge in [-0.2, -0.15) is 0 Å². The molecule has 0 nitrogen and oxygen atoms in total. The predicted octanol–water partition coefficient (Wildman–Crippen LogP) is 5.07. The summed E-state index contributed by atoms with van der Waals surface area (Å²) in [5.41, 5.74) is 4.15. The summed E-state index contributed by atoms with van der Waals surface area (Å²) in [6.45, 7) is 4.50. The van der Waals surface area contributed by atoms with Gasteiger partial charge in [-0.3, -0.25) is 0 Å². The van der Waals surface area contributed by atoms with Gasteiger partial charge in [0.15, 0.2) is 0 Å². The normalized spacial score (nSPS) is 11.3. The molecular formula is C18H20. The lowest BCUT2D eigenvalue weighted by Gasteiger charge is -2.10. The van der Waals surface area contributed by atoms with E-state index in [0.29, 0.717) is 5.92 Å². The Bertz CT molecular complexity index is 507. The van der Waals surface area contributed by atoms with E-state index in [-0.39, 0.29) is 0 Å². The maximum Gasteiger partial charge on any atom is -0.00913 e. The Morgan fingerprint density at radius 3 is 2.28 bits per heavy atom. The first kappa shape index (κ1) is 12.6. The fraction of sp³-hybridized carbons (Fsp3) is 0.222. The van der Waals surface area contributed by atoms with Crippen LogP contribution in [0.1, 0.15) is 36.5 Å². The average Bonchev–Trinajstić information content (AvgIpc) is 2.40. The summed E-state index contributed by atoms with van der Waals surface area (Å²) >= 11 is 0. The highest BCUT2D eigenvalue weighted by Gasteiger charge is 2.03. The summed E-state index contributed by atoms with van der Waals surface area (Å²) in [5.74, 6) is 0.589. The highest BCUT2D eigenvalue weighted by Crippen LogP contribution is 2.20. The first-order chi connectivity index (χ1) is 8.77. The Morgan fingerprint density at radius 2 is 1.56 bits per heavy atom. The van der Waals surface area contributed by atoms with Crippen molar-refractivity contribution in [3.63, 3.8) is 0 Å². The van der Waals surface area contributed by atoms with Gasteiger partial charge in [-0.1, -0.05) is 80.6 Å². The number of benzene rings is 2. The number of rotatable bonds is 4. The minimum absolute atomic E-state index is 0.589. The molecule has 0 amide bonds. The molecule has 92 valence electrons. The molecule has 0 saturated carbocycles. The van der Waals surface area contributed by atoms with Crippen LogP contribution >= 0.6 is 0 Å². The van der Waals surface area contributed by atoms with Gasteiger partial charge in [0.05, 0.1) is 0 Å². The van der Waals surface area contributed by atoms with E-state index in [9.17, 15) is 0 Å². The van der Waals surface area contributed by atoms with Gasteiger partial charge in [-0.15, -0.1) is 0 Å². The number of hydrogen-bond donors (Lipinski definition) is 0. The molecule has 0 atom stereocenters. The summed E-state index contributed by atoms with van der Waals surface area (Å²) < 4.78 is 0. The molecule has 2 aromatic rings. The van der Waals surface area contributed by atoms with Crippen LogP contribution in [0.3, 0.4) is 0 Å². The molecule has 0 N–H and O–H groups in total. The second-order valence-electron chi connectivity index (χ2n) is 4.87. The van der Waals surface area contributed by atoms with Crippen molar-refractivity contribution in [3.05, 3.63) is 77.4 Å². The smallest absolute Gasteiger partial charge is 0.00913 e. The van der Waals surface area contributed by atoms with Crippen LogP contribution in [0.4, 0.5) is 0 Å². The number of hydrogen-bond acceptors (Lipinski definition) is 0. The quantitative estimate of drug-likeness (QED) is 0.695. The Labute approximate surface area is 110 Å². The first-order valence-corrected chi connectivity index (χ1v) is 6.57. The van der Waals surface area contributed by atoms with Crippen LogP contribution in [0.2, 0.25) is 0 Å². The molecule has 2 rings (SSSR count). The minimum Gasteiger partial charge on any atom is -0.0795 e. The van der Waals surface area contributed by atoms with E-state index in [1.807, 2.05) is 6.07 Å². The summed E-state index contributed by atoms with van der Waals surface area (Å²) in [5, 5.41) is 0. The lowest BCUT2D eigenvalue weighted by molar-refractivity contribution is 0.850. The summed E-state index contributed by atoms with van der Waals surface area (Å²) in [4.78, 5) is 0. The van der Waals surface area contributed by atoms with Gasteiger partial charge < -0.3 is 0 Å². The molecule has 0 bridgehead atoms. The van der Waals surface area contributed by atoms with Crippen LogP contribution in [0.15, 0.2) is 60.7 Å². The van der Waals surface area contributed by atoms with Crippen molar-refractivity contribution in [1.82, 2.24) is 0 Å². The molecule has 0 aliphatic rings. The Morgan fingerprint density at radius 1 is 0.889 bits per heavy atom. The largest absolute Gasteiger partial charge is 0.0795 e. The van der Waals surface area contributed by atoms with Crippen LogP contribution in [0.5, 0.6) is 0 Å². The van der Waals surface area contributed by atoms with Crippen molar-refractivity contribution in [2.75, 3.05) is 0 Å². The molecule has 0 aliphatic heterocycles. The molecule has 18 heavy (non-hydrogen) atoms. The standard InChI is InChI=1S/C18H20/c1-15(2)18-14-7-6-12-17(18)13-8-11-16-9-4-3-5-10-16/h3-12,14-15H,13H2,1-2H3. The van der Waals surface area contributed by atoms with Crippen LogP contribution in [-0.2, 0) is 6.42 Å². The van der Waals surface area contributed by atoms with Gasteiger partial charge in [-0.25, -0.2) is 0 Å². The van der Waals surface area contributed by atoms with Gasteiger partial charge in [0.25, 0.3) is 0 Å². The lowest BCUT2D eigenvalue weighted by atomic mass is 9.95. The zero-order chi connectivity index (χ0) is 12.8. The molecule has 0 radical (unpaired) electrons. The first-order valence-electron chi connectivity index (χ1n) is 6.57. The van der Waals surface area contributed by atoms with E-state index in [4.69, 9.17) is 0 Å². The molecule has 0 aliphatic carbocycles. The molecular weight excluding hydrogens is 216 g/mol. The Hall–Kier alpha value is -1.82. The third kappa shape index (κ3) is 3.33. The van der Waals surface area contributed by atoms with E-state index in [2.05, 4.69) is 74.5 Å². The molecule has 2 aromatic carbocycles. The Balaban J connectivity index is 2.09. The van der Waals surface area contributed by atoms with Crippen molar-refractivity contribution < 1.29 is 0 Å². The van der Waals surface area contributed by atoms with E-state index in [0.717, 1.165) is 6.42 Å². The lowest BCUT2D eigenvalue weighted by Crippen LogP contribution is -1.94. The predicted molar refractivity (Wildman–Crippen MR) is 79.7 cm³/mol. The van der Waals surface area contributed by atoms with E-state index >= 15 is 0 Å². The van der Waals surface area contributed by atoms with Gasteiger partial charge >= 0.3 is 0 Å². The van der Waals surface area contributed by atoms with Crippen molar-refractivity contribution in [2.24, 2.45) is 0 Å². The van der Waals surface area contributed by atoms with Crippen LogP contribution in [-0.4, -0.2) is 0 Å². The SMILES string of the molecule is CC(C)c1ccccc1CC=Cc1ccccc1. The van der Waals surface area contributed by atoms with Crippen molar-refractivity contribution >= 4 is 6.08 Å². The third-order valence-corrected chi connectivity index (χ3v) is 3.12. The van der Waals surface area contributed by atoms with Crippen LogP contribution in [0.25, 0.3) is 6.08 Å². The van der Waals surface area contributed by atoms with E-state index < -0.39 is 0 Å². The minimum atomic E-state index is 0.589. The van der Waals surface area contributed by atoms with Crippen LogP contribution in [0, 0.1) is 0 Å².